The van der Waals surface area contributed by atoms with E-state index in [0.29, 0.717) is 23.7 Å². The van der Waals surface area contributed by atoms with E-state index in [-0.39, 0.29) is 23.8 Å². The Hall–Kier alpha value is -4.53. The lowest BCUT2D eigenvalue weighted by molar-refractivity contribution is -0.123. The summed E-state index contributed by atoms with van der Waals surface area (Å²) in [6.07, 6.45) is 1.54. The molecule has 0 bridgehead atoms. The number of nitrogens with one attached hydrogen (secondary N) is 1. The van der Waals surface area contributed by atoms with Crippen LogP contribution in [0.15, 0.2) is 64.7 Å². The predicted molar refractivity (Wildman–Crippen MR) is 126 cm³/mol. The highest BCUT2D eigenvalue weighted by Gasteiger charge is 2.34. The van der Waals surface area contributed by atoms with Crippen molar-refractivity contribution in [3.8, 4) is 11.5 Å². The first kappa shape index (κ1) is 23.6. The predicted octanol–water partition coefficient (Wildman–Crippen LogP) is 4.06. The van der Waals surface area contributed by atoms with Crippen molar-refractivity contribution < 1.29 is 33.0 Å². The molecule has 1 fully saturated rings. The van der Waals surface area contributed by atoms with E-state index < -0.39 is 17.9 Å². The van der Waals surface area contributed by atoms with Gasteiger partial charge in [0.1, 0.15) is 18.1 Å². The number of hydrogen-bond acceptors (Lipinski definition) is 7. The average Bonchev–Trinajstić information content (AvgIpc) is 3.43. The Kier molecular flexibility index (Phi) is 6.86. The molecule has 1 aliphatic heterocycles. The van der Waals surface area contributed by atoms with Crippen molar-refractivity contribution in [3.63, 3.8) is 0 Å². The van der Waals surface area contributed by atoms with Crippen molar-refractivity contribution in [1.29, 1.82) is 0 Å². The summed E-state index contributed by atoms with van der Waals surface area (Å²) in [7, 11) is 2.76. The Morgan fingerprint density at radius 1 is 1.09 bits per heavy atom. The summed E-state index contributed by atoms with van der Waals surface area (Å²) in [5.74, 6) is -0.00986. The first-order valence-electron chi connectivity index (χ1n) is 10.8. The molecule has 1 aromatic heterocycles. The molecule has 1 aliphatic rings. The van der Waals surface area contributed by atoms with Crippen molar-refractivity contribution in [1.82, 2.24) is 10.2 Å². The number of benzene rings is 2. The zero-order valence-corrected chi connectivity index (χ0v) is 19.5. The lowest BCUT2D eigenvalue weighted by Gasteiger charge is -2.14. The molecule has 2 aromatic carbocycles. The van der Waals surface area contributed by atoms with Crippen molar-refractivity contribution in [2.45, 2.75) is 20.1 Å². The molecule has 9 nitrogen and oxygen atoms in total. The number of urea groups is 1. The van der Waals surface area contributed by atoms with Gasteiger partial charge in [-0.2, -0.15) is 0 Å². The van der Waals surface area contributed by atoms with Gasteiger partial charge in [0.2, 0.25) is 5.76 Å². The summed E-state index contributed by atoms with van der Waals surface area (Å²) < 4.78 is 21.5. The van der Waals surface area contributed by atoms with Crippen LogP contribution in [0.4, 0.5) is 4.79 Å². The fourth-order valence-corrected chi connectivity index (χ4v) is 3.62. The van der Waals surface area contributed by atoms with Gasteiger partial charge in [-0.3, -0.25) is 9.69 Å². The van der Waals surface area contributed by atoms with Gasteiger partial charge in [-0.05, 0) is 36.8 Å². The van der Waals surface area contributed by atoms with E-state index >= 15 is 0 Å². The zero-order valence-electron chi connectivity index (χ0n) is 19.5. The molecule has 0 atom stereocenters. The Balaban J connectivity index is 1.56. The summed E-state index contributed by atoms with van der Waals surface area (Å²) in [5, 5.41) is 2.58. The number of methoxy groups -OCH3 is 2. The number of amides is 3. The number of carbonyl (C=O) groups is 3. The monoisotopic (exact) mass is 476 g/mol. The quantitative estimate of drug-likeness (QED) is 0.297. The third-order valence-corrected chi connectivity index (χ3v) is 5.32. The number of esters is 1. The minimum absolute atomic E-state index is 0.0166. The first-order valence-corrected chi connectivity index (χ1v) is 10.8. The van der Waals surface area contributed by atoms with Crippen LogP contribution < -0.4 is 14.8 Å². The van der Waals surface area contributed by atoms with Gasteiger partial charge >= 0.3 is 12.0 Å². The van der Waals surface area contributed by atoms with Gasteiger partial charge in [0, 0.05) is 5.56 Å². The molecule has 0 spiro atoms. The van der Waals surface area contributed by atoms with Crippen LogP contribution in [0.25, 0.3) is 6.08 Å². The SMILES string of the molecule is COC(=O)c1ccc(CN2C(=O)NC(=Cc3cccc(OC)c3OCc3cccc(C)c3)C2=O)o1. The van der Waals surface area contributed by atoms with Crippen LogP contribution >= 0.6 is 0 Å². The van der Waals surface area contributed by atoms with Gasteiger partial charge < -0.3 is 23.9 Å². The van der Waals surface area contributed by atoms with Crippen LogP contribution in [-0.2, 0) is 22.7 Å². The zero-order chi connectivity index (χ0) is 24.9. The molecule has 3 amide bonds. The number of hydrogen-bond donors (Lipinski definition) is 1. The normalized spacial score (nSPS) is 14.3. The molecule has 0 aliphatic carbocycles. The molecular weight excluding hydrogens is 452 g/mol. The van der Waals surface area contributed by atoms with Crippen molar-refractivity contribution in [3.05, 3.63) is 88.5 Å². The summed E-state index contributed by atoms with van der Waals surface area (Å²) >= 11 is 0. The maximum atomic E-state index is 13.0. The summed E-state index contributed by atoms with van der Waals surface area (Å²) in [5.41, 5.74) is 2.73. The van der Waals surface area contributed by atoms with Crippen LogP contribution in [-0.4, -0.2) is 37.0 Å². The first-order chi connectivity index (χ1) is 16.9. The number of nitrogens with zero attached hydrogens (tertiary/aromatic N) is 1. The fraction of sp³-hybridized carbons (Fsp3) is 0.192. The molecule has 2 heterocycles. The second kappa shape index (κ2) is 10.2. The van der Waals surface area contributed by atoms with Gasteiger partial charge in [-0.25, -0.2) is 9.59 Å². The highest BCUT2D eigenvalue weighted by molar-refractivity contribution is 6.14. The van der Waals surface area contributed by atoms with Gasteiger partial charge in [0.15, 0.2) is 11.5 Å². The molecule has 0 radical (unpaired) electrons. The number of ether oxygens (including phenoxy) is 3. The molecule has 0 unspecified atom stereocenters. The molecule has 4 rings (SSSR count). The molecule has 9 heteroatoms. The Morgan fingerprint density at radius 3 is 2.63 bits per heavy atom. The minimum Gasteiger partial charge on any atom is -0.493 e. The molecule has 1 saturated heterocycles. The number of aryl methyl sites for hydroxylation is 1. The van der Waals surface area contributed by atoms with Crippen molar-refractivity contribution in [2.75, 3.05) is 14.2 Å². The Bertz CT molecular complexity index is 1310. The highest BCUT2D eigenvalue weighted by atomic mass is 16.5. The Morgan fingerprint density at radius 2 is 1.89 bits per heavy atom. The maximum absolute atomic E-state index is 13.0. The van der Waals surface area contributed by atoms with E-state index in [0.717, 1.165) is 16.0 Å². The van der Waals surface area contributed by atoms with E-state index in [4.69, 9.17) is 13.9 Å². The molecule has 180 valence electrons. The number of para-hydroxylation sites is 1. The largest absolute Gasteiger partial charge is 0.493 e. The van der Waals surface area contributed by atoms with Crippen LogP contribution in [0.1, 0.15) is 33.0 Å². The van der Waals surface area contributed by atoms with Crippen molar-refractivity contribution >= 4 is 24.0 Å². The molecule has 1 N–H and O–H groups in total. The minimum atomic E-state index is -0.648. The lowest BCUT2D eigenvalue weighted by atomic mass is 10.1. The van der Waals surface area contributed by atoms with Gasteiger partial charge in [-0.15, -0.1) is 0 Å². The number of furan rings is 1. The Labute approximate surface area is 201 Å². The maximum Gasteiger partial charge on any atom is 0.373 e. The summed E-state index contributed by atoms with van der Waals surface area (Å²) in [6, 6.07) is 15.5. The number of rotatable bonds is 8. The number of carbonyl (C=O) groups excluding carboxylic acids is 3. The van der Waals surface area contributed by atoms with E-state index in [1.807, 2.05) is 31.2 Å². The summed E-state index contributed by atoms with van der Waals surface area (Å²) in [6.45, 7) is 2.15. The van der Waals surface area contributed by atoms with E-state index in [1.165, 1.54) is 32.4 Å². The van der Waals surface area contributed by atoms with Crippen LogP contribution in [0.5, 0.6) is 11.5 Å². The molecule has 35 heavy (non-hydrogen) atoms. The van der Waals surface area contributed by atoms with Gasteiger partial charge in [0.05, 0.1) is 20.8 Å². The topological polar surface area (TPSA) is 107 Å². The average molecular weight is 476 g/mol. The molecular formula is C26H24N2O7. The second-order valence-corrected chi connectivity index (χ2v) is 7.79. The summed E-state index contributed by atoms with van der Waals surface area (Å²) in [4.78, 5) is 38.0. The molecule has 3 aromatic rings. The third kappa shape index (κ3) is 5.19. The van der Waals surface area contributed by atoms with Gasteiger partial charge in [-0.1, -0.05) is 42.0 Å². The van der Waals surface area contributed by atoms with E-state index in [1.54, 1.807) is 18.2 Å². The highest BCUT2D eigenvalue weighted by Crippen LogP contribution is 2.34. The van der Waals surface area contributed by atoms with Crippen molar-refractivity contribution in [2.24, 2.45) is 0 Å². The van der Waals surface area contributed by atoms with Gasteiger partial charge in [0.25, 0.3) is 5.91 Å². The standard InChI is InChI=1S/C26H24N2O7/c1-16-6-4-7-17(12-16)15-34-23-18(8-5-9-21(23)32-2)13-20-24(29)28(26(31)27-20)14-19-10-11-22(35-19)25(30)33-3/h4-13H,14-15H2,1-3H3,(H,27,31). The van der Waals surface area contributed by atoms with Crippen LogP contribution in [0.3, 0.4) is 0 Å². The third-order valence-electron chi connectivity index (χ3n) is 5.32. The molecule has 0 saturated carbocycles. The van der Waals surface area contributed by atoms with E-state index in [9.17, 15) is 14.4 Å². The second-order valence-electron chi connectivity index (χ2n) is 7.79. The van der Waals surface area contributed by atoms with Crippen LogP contribution in [0, 0.1) is 6.92 Å². The number of imide groups is 1. The fourth-order valence-electron chi connectivity index (χ4n) is 3.62. The van der Waals surface area contributed by atoms with Crippen LogP contribution in [0.2, 0.25) is 0 Å². The lowest BCUT2D eigenvalue weighted by Crippen LogP contribution is -2.30. The smallest absolute Gasteiger partial charge is 0.373 e. The van der Waals surface area contributed by atoms with E-state index in [2.05, 4.69) is 10.1 Å².